The third-order valence-electron chi connectivity index (χ3n) is 14.5. The molecule has 0 aliphatic rings. The van der Waals surface area contributed by atoms with Gasteiger partial charge in [-0.25, -0.2) is 53.0 Å². The number of nitrogens with zero attached hydrogens (tertiary/aromatic N) is 9. The zero-order valence-electron chi connectivity index (χ0n) is 64.9. The molecule has 0 N–H and O–H groups in total. The van der Waals surface area contributed by atoms with Crippen LogP contribution in [0.1, 0.15) is 11.1 Å². The van der Waals surface area contributed by atoms with Crippen molar-refractivity contribution in [2.75, 3.05) is 42.3 Å². The molecule has 18 heteroatoms. The summed E-state index contributed by atoms with van der Waals surface area (Å²) < 4.78 is 54.6. The van der Waals surface area contributed by atoms with Crippen LogP contribution >= 0.6 is 0 Å². The molecule has 574 valence electrons. The molecule has 0 unspecified atom stereocenters. The van der Waals surface area contributed by atoms with Gasteiger partial charge in [0.1, 0.15) is 36.7 Å². The van der Waals surface area contributed by atoms with Crippen LogP contribution in [0.25, 0.3) is 19.4 Å². The van der Waals surface area contributed by atoms with E-state index in [1.807, 2.05) is 42.0 Å². The minimum Gasteiger partial charge on any atom is -0.320 e. The van der Waals surface area contributed by atoms with Gasteiger partial charge in [-0.15, -0.1) is 0 Å². The van der Waals surface area contributed by atoms with Crippen LogP contribution in [0.3, 0.4) is 0 Å². The molecule has 1 heterocycles. The molecule has 1 aromatic heterocycles. The Balaban J connectivity index is 0.000000342. The molecule has 113 heavy (non-hydrogen) atoms. The summed E-state index contributed by atoms with van der Waals surface area (Å²) in [6.45, 7) is 25.3. The first-order valence-electron chi connectivity index (χ1n) is 34.9. The van der Waals surface area contributed by atoms with Gasteiger partial charge in [0.2, 0.25) is 39.4 Å². The average Bonchev–Trinajstić information content (AvgIpc) is 0.874. The maximum Gasteiger partial charge on any atom is 0.243 e. The quantitative estimate of drug-likeness (QED) is 0.0171. The second kappa shape index (κ2) is 58.1. The first-order chi connectivity index (χ1) is 54.6. The summed E-state index contributed by atoms with van der Waals surface area (Å²) in [5, 5.41) is 6.62. The van der Waals surface area contributed by atoms with Crippen LogP contribution in [0.2, 0.25) is 0 Å². The third-order valence-corrected chi connectivity index (χ3v) is 23.5. The number of halogens is 4. The van der Waals surface area contributed by atoms with Gasteiger partial charge in [-0.2, -0.15) is 0 Å². The van der Waals surface area contributed by atoms with Crippen molar-refractivity contribution < 1.29 is 42.6 Å². The number of hydrogen-bond donors (Lipinski definition) is 0. The van der Waals surface area contributed by atoms with Gasteiger partial charge in [0.15, 0.2) is 82.0 Å². The van der Waals surface area contributed by atoms with Crippen molar-refractivity contribution in [2.24, 2.45) is 24.3 Å². The van der Waals surface area contributed by atoms with Gasteiger partial charge in [-0.05, 0) is 159 Å². The van der Waals surface area contributed by atoms with Crippen LogP contribution in [0.5, 0.6) is 0 Å². The predicted octanol–water partition coefficient (Wildman–Crippen LogP) is 24.2. The standard InChI is InChI=1S/4C18H15S.C8H6F4.C5H9N2.C2H6N3.4C2H3N.Pd/c4*1-4-10-16(11-5-1)19(17-12-6-2-7-13-17)18-14-8-3-9-15-18;1-3-5(9)7(11)4(2)8(12)6(3)10;1-6-3-4-7(2)5-6;1-3-5-4-2;4*1-3-2;/h4*1-15H;1-2H3;3-5H,1-2H3;1-2H3;4*1H3;/q4*+1;;2*+1;;;;;. The predicted molar refractivity (Wildman–Crippen MR) is 457 cm³/mol. The topological polar surface area (TPSA) is 65.1 Å². The molecule has 0 amide bonds. The van der Waals surface area contributed by atoms with Crippen molar-refractivity contribution in [2.45, 2.75) is 72.6 Å². The first kappa shape index (κ1) is 95.3. The third kappa shape index (κ3) is 34.5. The van der Waals surface area contributed by atoms with Gasteiger partial charge < -0.3 is 19.4 Å². The molecular formula is C95H93F4N9PdS4+6. The first-order valence-corrected chi connectivity index (χ1v) is 39.8. The second-order valence-electron chi connectivity index (χ2n) is 22.6. The molecule has 0 radical (unpaired) electrons. The maximum absolute atomic E-state index is 12.7. The maximum atomic E-state index is 12.7. The van der Waals surface area contributed by atoms with Crippen LogP contribution < -0.4 is 9.48 Å². The van der Waals surface area contributed by atoms with Crippen LogP contribution in [-0.2, 0) is 78.1 Å². The second-order valence-corrected chi connectivity index (χ2v) is 30.7. The number of rotatable bonds is 12. The molecule has 0 aliphatic carbocycles. The van der Waals surface area contributed by atoms with Gasteiger partial charge in [0.25, 0.3) is 0 Å². The molecular weight excluding hydrogens is 1580 g/mol. The molecule has 9 nitrogen and oxygen atoms in total. The molecule has 0 saturated heterocycles. The molecule has 14 aromatic rings. The van der Waals surface area contributed by atoms with Gasteiger partial charge in [0, 0.05) is 31.5 Å². The molecule has 13 aromatic carbocycles. The van der Waals surface area contributed by atoms with E-state index in [0.717, 1.165) is 13.8 Å². The van der Waals surface area contributed by atoms with E-state index in [0.29, 0.717) is 0 Å². The van der Waals surface area contributed by atoms with Crippen molar-refractivity contribution >= 4 is 43.6 Å². The van der Waals surface area contributed by atoms with Gasteiger partial charge in [-0.1, -0.05) is 218 Å². The average molecular weight is 1670 g/mol. The Morgan fingerprint density at radius 3 is 0.478 bits per heavy atom. The van der Waals surface area contributed by atoms with E-state index in [4.69, 9.17) is 26.3 Å². The summed E-state index contributed by atoms with van der Waals surface area (Å²) in [7, 11) is 12.8. The Kier molecular flexibility index (Phi) is 49.0. The molecule has 0 aliphatic heterocycles. The summed E-state index contributed by atoms with van der Waals surface area (Å²) in [6.07, 6.45) is 6.00. The van der Waals surface area contributed by atoms with Crippen molar-refractivity contribution in [3.63, 3.8) is 0 Å². The summed E-state index contributed by atoms with van der Waals surface area (Å²) in [4.78, 5) is 30.6. The van der Waals surface area contributed by atoms with E-state index in [1.54, 1.807) is 14.1 Å². The van der Waals surface area contributed by atoms with Crippen LogP contribution in [-0.4, -0.2) is 46.9 Å². The molecule has 0 fully saturated rings. The van der Waals surface area contributed by atoms with E-state index in [9.17, 15) is 17.6 Å². The van der Waals surface area contributed by atoms with Gasteiger partial charge >= 0.3 is 0 Å². The summed E-state index contributed by atoms with van der Waals surface area (Å²) in [5.74, 6) is -5.31. The van der Waals surface area contributed by atoms with Crippen LogP contribution in [0.15, 0.2) is 452 Å². The summed E-state index contributed by atoms with van der Waals surface area (Å²) >= 11 is 0. The summed E-state index contributed by atoms with van der Waals surface area (Å²) in [5.41, 5.74) is -1.26. The number of aromatic nitrogens is 2. The van der Waals surface area contributed by atoms with E-state index < -0.39 is 34.4 Å². The van der Waals surface area contributed by atoms with E-state index in [1.165, 1.54) is 86.9 Å². The minimum atomic E-state index is -1.33. The van der Waals surface area contributed by atoms with Gasteiger partial charge in [-0.3, -0.25) is 0 Å². The fourth-order valence-electron chi connectivity index (χ4n) is 9.83. The minimum absolute atomic E-state index is 0. The molecule has 14 rings (SSSR count). The molecule has 0 atom stereocenters. The number of benzene rings is 13. The Hall–Kier alpha value is -11.9. The Morgan fingerprint density at radius 1 is 0.283 bits per heavy atom. The fourth-order valence-corrected chi connectivity index (χ4v) is 18.2. The van der Waals surface area contributed by atoms with Crippen molar-refractivity contribution in [1.82, 2.24) is 9.48 Å². The van der Waals surface area contributed by atoms with Crippen molar-refractivity contribution in [1.29, 1.82) is 0 Å². The van der Waals surface area contributed by atoms with E-state index in [-0.39, 0.29) is 64.0 Å². The number of imidazole rings is 1. The van der Waals surface area contributed by atoms with E-state index in [2.05, 4.69) is 399 Å². The van der Waals surface area contributed by atoms with Crippen LogP contribution in [0.4, 0.5) is 17.6 Å². The molecule has 0 spiro atoms. The summed E-state index contributed by atoms with van der Waals surface area (Å²) in [6, 6.07) is 129. The van der Waals surface area contributed by atoms with Crippen LogP contribution in [0, 0.1) is 63.4 Å². The molecule has 0 bridgehead atoms. The molecule has 0 saturated carbocycles. The normalized spacial score (nSPS) is 9.33. The van der Waals surface area contributed by atoms with Gasteiger partial charge in [0.05, 0.1) is 57.7 Å². The zero-order valence-corrected chi connectivity index (χ0v) is 69.7. The fraction of sp³-hybridized carbons (Fsp3) is 0.105. The SMILES string of the molecule is CN=[N+]=NC.Cc1c(F)c(F)c(C)c(F)c1F.Cn1cc[n+](C)c1.[C-]#[N+]C.[C-]#[N+]C.[C-]#[N+]C.[C-]#[N+]C.[Pd].c1ccc([S+](c2ccccc2)c2ccccc2)cc1.c1ccc([S+](c2ccccc2)c2ccccc2)cc1.c1ccc([S+](c2ccccc2)c2ccccc2)cc1.c1ccc([S+](c2ccccc2)c2ccccc2)cc1. The monoisotopic (exact) mass is 1670 g/mol. The van der Waals surface area contributed by atoms with Crippen molar-refractivity contribution in [3.05, 3.63) is 463 Å². The van der Waals surface area contributed by atoms with Crippen molar-refractivity contribution in [3.8, 4) is 0 Å². The number of hydrogen-bond acceptors (Lipinski definition) is 2. The largest absolute Gasteiger partial charge is 0.320 e. The Morgan fingerprint density at radius 2 is 0.407 bits per heavy atom. The zero-order chi connectivity index (χ0) is 81.4. The Bertz CT molecular complexity index is 4050. The smallest absolute Gasteiger partial charge is 0.243 e. The number of aryl methyl sites for hydroxylation is 2. The van der Waals surface area contributed by atoms with E-state index >= 15 is 0 Å². The Labute approximate surface area is 692 Å².